The Balaban J connectivity index is 2.76. The summed E-state index contributed by atoms with van der Waals surface area (Å²) in [5.41, 5.74) is 7.90. The summed E-state index contributed by atoms with van der Waals surface area (Å²) in [7, 11) is 0. The van der Waals surface area contributed by atoms with Gasteiger partial charge in [0, 0.05) is 6.07 Å². The van der Waals surface area contributed by atoms with Crippen molar-refractivity contribution in [1.82, 2.24) is 10.4 Å². The number of rotatable bonds is 2. The molecule has 0 fully saturated rings. The average molecular weight is 231 g/mol. The number of aromatic hydroxyl groups is 1. The first-order valence-corrected chi connectivity index (χ1v) is 4.31. The number of pyridine rings is 1. The van der Waals surface area contributed by atoms with Gasteiger partial charge in [0.25, 0.3) is 0 Å². The predicted molar refractivity (Wildman–Crippen MR) is 58.4 cm³/mol. The first-order chi connectivity index (χ1) is 6.59. The highest BCUT2D eigenvalue weighted by Crippen LogP contribution is 2.17. The van der Waals surface area contributed by atoms with Crippen molar-refractivity contribution in [3.63, 3.8) is 0 Å². The Bertz CT molecular complexity index is 382. The van der Waals surface area contributed by atoms with E-state index in [1.165, 1.54) is 18.5 Å². The zero-order valence-electron chi connectivity index (χ0n) is 6.94. The zero-order valence-corrected chi connectivity index (χ0v) is 8.51. The summed E-state index contributed by atoms with van der Waals surface area (Å²) in [5.74, 6) is -0.00513. The molecule has 0 atom stereocenters. The minimum absolute atomic E-state index is 0.00513. The number of nitrogens with two attached hydrogens (primary N) is 1. The Labute approximate surface area is 90.6 Å². The van der Waals surface area contributed by atoms with Gasteiger partial charge in [0.2, 0.25) is 0 Å². The zero-order chi connectivity index (χ0) is 10.6. The fourth-order valence-corrected chi connectivity index (χ4v) is 0.953. The van der Waals surface area contributed by atoms with Gasteiger partial charge in [0.05, 0.1) is 17.4 Å². The van der Waals surface area contributed by atoms with E-state index in [2.05, 4.69) is 27.7 Å². The number of nitrogens with one attached hydrogen (secondary N) is 1. The molecule has 0 aliphatic rings. The van der Waals surface area contributed by atoms with Crippen molar-refractivity contribution in [1.29, 1.82) is 0 Å². The van der Waals surface area contributed by atoms with Crippen LogP contribution in [0.5, 0.6) is 5.75 Å². The second kappa shape index (κ2) is 4.73. The molecule has 1 heterocycles. The molecule has 0 saturated carbocycles. The second-order valence-electron chi connectivity index (χ2n) is 2.29. The minimum Gasteiger partial charge on any atom is -0.506 e. The second-order valence-corrected chi connectivity index (χ2v) is 3.14. The van der Waals surface area contributed by atoms with Crippen LogP contribution in [0.2, 0.25) is 5.02 Å². The molecule has 7 heteroatoms. The molecule has 0 bridgehead atoms. The van der Waals surface area contributed by atoms with E-state index < -0.39 is 0 Å². The maximum absolute atomic E-state index is 9.00. The lowest BCUT2D eigenvalue weighted by molar-refractivity contribution is 0.472. The van der Waals surface area contributed by atoms with Crippen LogP contribution >= 0.6 is 23.8 Å². The molecule has 0 saturated heterocycles. The SMILES string of the molecule is NC(=S)N/N=C/c1ncc(O)cc1Cl. The maximum Gasteiger partial charge on any atom is 0.184 e. The molecule has 0 spiro atoms. The van der Waals surface area contributed by atoms with Crippen LogP contribution in [0.1, 0.15) is 5.69 Å². The fourth-order valence-electron chi connectivity index (χ4n) is 0.690. The molecule has 1 aromatic rings. The van der Waals surface area contributed by atoms with E-state index in [4.69, 9.17) is 22.4 Å². The van der Waals surface area contributed by atoms with Gasteiger partial charge in [-0.15, -0.1) is 0 Å². The van der Waals surface area contributed by atoms with Crippen molar-refractivity contribution in [2.75, 3.05) is 0 Å². The van der Waals surface area contributed by atoms with E-state index in [9.17, 15) is 0 Å². The van der Waals surface area contributed by atoms with Gasteiger partial charge in [-0.2, -0.15) is 5.10 Å². The molecular weight excluding hydrogens is 224 g/mol. The number of thiocarbonyl (C=S) groups is 1. The van der Waals surface area contributed by atoms with Crippen molar-refractivity contribution >= 4 is 35.1 Å². The Morgan fingerprint density at radius 2 is 2.50 bits per heavy atom. The molecule has 74 valence electrons. The van der Waals surface area contributed by atoms with E-state index in [1.54, 1.807) is 0 Å². The van der Waals surface area contributed by atoms with Crippen LogP contribution in [0.4, 0.5) is 0 Å². The molecule has 4 N–H and O–H groups in total. The Morgan fingerprint density at radius 3 is 3.07 bits per heavy atom. The highest BCUT2D eigenvalue weighted by atomic mass is 35.5. The van der Waals surface area contributed by atoms with Gasteiger partial charge >= 0.3 is 0 Å². The largest absolute Gasteiger partial charge is 0.506 e. The normalized spacial score (nSPS) is 10.4. The predicted octanol–water partition coefficient (Wildman–Crippen LogP) is 0.608. The third-order valence-electron chi connectivity index (χ3n) is 1.22. The monoisotopic (exact) mass is 230 g/mol. The van der Waals surface area contributed by atoms with Crippen molar-refractivity contribution in [2.24, 2.45) is 10.8 Å². The van der Waals surface area contributed by atoms with Crippen molar-refractivity contribution in [2.45, 2.75) is 0 Å². The van der Waals surface area contributed by atoms with E-state index in [0.717, 1.165) is 0 Å². The smallest absolute Gasteiger partial charge is 0.184 e. The van der Waals surface area contributed by atoms with E-state index in [0.29, 0.717) is 10.7 Å². The first kappa shape index (κ1) is 10.7. The molecule has 0 radical (unpaired) electrons. The molecule has 0 aliphatic carbocycles. The van der Waals surface area contributed by atoms with E-state index in [1.807, 2.05) is 0 Å². The van der Waals surface area contributed by atoms with E-state index >= 15 is 0 Å². The lowest BCUT2D eigenvalue weighted by atomic mass is 10.3. The highest BCUT2D eigenvalue weighted by molar-refractivity contribution is 7.80. The standard InChI is InChI=1S/C7H7ClN4OS/c8-5-1-4(13)2-10-6(5)3-11-12-7(9)14/h1-3,13H,(H3,9,12,14)/b11-3+. The van der Waals surface area contributed by atoms with Crippen LogP contribution in [0.25, 0.3) is 0 Å². The quantitative estimate of drug-likeness (QED) is 0.394. The summed E-state index contributed by atoms with van der Waals surface area (Å²) in [6.45, 7) is 0. The lowest BCUT2D eigenvalue weighted by Crippen LogP contribution is -2.24. The average Bonchev–Trinajstić information content (AvgIpc) is 2.08. The summed E-state index contributed by atoms with van der Waals surface area (Å²) in [6, 6.07) is 1.36. The number of hydrogen-bond acceptors (Lipinski definition) is 4. The maximum atomic E-state index is 9.00. The molecule has 1 rings (SSSR count). The van der Waals surface area contributed by atoms with Crippen LogP contribution in [0, 0.1) is 0 Å². The van der Waals surface area contributed by atoms with Gasteiger partial charge in [0.15, 0.2) is 5.11 Å². The highest BCUT2D eigenvalue weighted by Gasteiger charge is 1.99. The number of hydrogen-bond donors (Lipinski definition) is 3. The minimum atomic E-state index is -0.00513. The third-order valence-corrected chi connectivity index (χ3v) is 1.61. The fraction of sp³-hybridized carbons (Fsp3) is 0. The molecule has 5 nitrogen and oxygen atoms in total. The summed E-state index contributed by atoms with van der Waals surface area (Å²) in [6.07, 6.45) is 2.61. The van der Waals surface area contributed by atoms with Gasteiger partial charge in [-0.1, -0.05) is 11.6 Å². The van der Waals surface area contributed by atoms with Crippen LogP contribution in [-0.4, -0.2) is 21.4 Å². The molecule has 0 aliphatic heterocycles. The summed E-state index contributed by atoms with van der Waals surface area (Å²) in [4.78, 5) is 3.82. The first-order valence-electron chi connectivity index (χ1n) is 3.52. The van der Waals surface area contributed by atoms with Crippen molar-refractivity contribution in [3.8, 4) is 5.75 Å². The molecule has 0 unspecified atom stereocenters. The number of nitrogens with zero attached hydrogens (tertiary/aromatic N) is 2. The van der Waals surface area contributed by atoms with Gasteiger partial charge in [-0.05, 0) is 12.2 Å². The number of aromatic nitrogens is 1. The summed E-state index contributed by atoms with van der Waals surface area (Å²) < 4.78 is 0. The lowest BCUT2D eigenvalue weighted by Gasteiger charge is -1.97. The topological polar surface area (TPSA) is 83.5 Å². The van der Waals surface area contributed by atoms with E-state index in [-0.39, 0.29) is 10.9 Å². The molecule has 14 heavy (non-hydrogen) atoms. The number of halogens is 1. The molecule has 0 amide bonds. The third kappa shape index (κ3) is 3.15. The summed E-state index contributed by atoms with van der Waals surface area (Å²) in [5, 5.41) is 13.0. The molecule has 0 aromatic carbocycles. The van der Waals surface area contributed by atoms with Crippen LogP contribution < -0.4 is 11.2 Å². The van der Waals surface area contributed by atoms with Gasteiger partial charge in [-0.25, -0.2) is 4.98 Å². The Morgan fingerprint density at radius 1 is 1.79 bits per heavy atom. The van der Waals surface area contributed by atoms with Crippen molar-refractivity contribution < 1.29 is 5.11 Å². The Kier molecular flexibility index (Phi) is 3.61. The molecular formula is C7H7ClN4OS. The van der Waals surface area contributed by atoms with Crippen LogP contribution in [0.15, 0.2) is 17.4 Å². The van der Waals surface area contributed by atoms with Gasteiger partial charge in [-0.3, -0.25) is 5.43 Å². The number of hydrazone groups is 1. The van der Waals surface area contributed by atoms with Gasteiger partial charge in [0.1, 0.15) is 11.4 Å². The van der Waals surface area contributed by atoms with Crippen molar-refractivity contribution in [3.05, 3.63) is 23.0 Å². The molecule has 1 aromatic heterocycles. The van der Waals surface area contributed by atoms with Gasteiger partial charge < -0.3 is 10.8 Å². The van der Waals surface area contributed by atoms with Crippen LogP contribution in [0.3, 0.4) is 0 Å². The Hall–Kier alpha value is -1.40. The van der Waals surface area contributed by atoms with Crippen LogP contribution in [-0.2, 0) is 0 Å². The summed E-state index contributed by atoms with van der Waals surface area (Å²) >= 11 is 10.3.